The van der Waals surface area contributed by atoms with Crippen molar-refractivity contribution in [2.75, 3.05) is 13.1 Å². The molecule has 3 amide bonds. The molecule has 0 aliphatic carbocycles. The van der Waals surface area contributed by atoms with Gasteiger partial charge in [-0.2, -0.15) is 5.10 Å². The van der Waals surface area contributed by atoms with Crippen molar-refractivity contribution >= 4 is 23.7 Å². The van der Waals surface area contributed by atoms with Gasteiger partial charge in [0.15, 0.2) is 6.17 Å². The summed E-state index contributed by atoms with van der Waals surface area (Å²) in [6.45, 7) is 5.81. The normalized spacial score (nSPS) is 16.0. The fraction of sp³-hybridized carbons (Fsp3) is 0.345. The molecule has 12 heteroatoms. The molecule has 0 bridgehead atoms. The van der Waals surface area contributed by atoms with Crippen LogP contribution >= 0.6 is 0 Å². The van der Waals surface area contributed by atoms with Gasteiger partial charge in [-0.1, -0.05) is 32.9 Å². The Morgan fingerprint density at radius 1 is 0.951 bits per heavy atom. The summed E-state index contributed by atoms with van der Waals surface area (Å²) in [5.74, 6) is -4.28. The van der Waals surface area contributed by atoms with Crippen LogP contribution in [0.1, 0.15) is 65.3 Å². The molecule has 1 aliphatic heterocycles. The quantitative estimate of drug-likeness (QED) is 0.452. The van der Waals surface area contributed by atoms with E-state index in [1.54, 1.807) is 13.1 Å². The molecule has 2 unspecified atom stereocenters. The number of carboxylic acid groups (broad SMARTS) is 1. The molecule has 2 N–H and O–H groups in total. The fourth-order valence-corrected chi connectivity index (χ4v) is 4.64. The van der Waals surface area contributed by atoms with E-state index in [0.717, 1.165) is 24.3 Å². The zero-order chi connectivity index (χ0) is 30.1. The Morgan fingerprint density at radius 3 is 2.00 bits per heavy atom. The van der Waals surface area contributed by atoms with Gasteiger partial charge in [-0.15, -0.1) is 0 Å². The minimum Gasteiger partial charge on any atom is -0.481 e. The van der Waals surface area contributed by atoms with Crippen molar-refractivity contribution in [2.24, 2.45) is 7.05 Å². The van der Waals surface area contributed by atoms with Crippen molar-refractivity contribution in [1.82, 2.24) is 24.9 Å². The number of aromatic nitrogens is 2. The summed E-state index contributed by atoms with van der Waals surface area (Å²) in [6, 6.07) is 10.3. The van der Waals surface area contributed by atoms with Gasteiger partial charge in [0.25, 0.3) is 17.7 Å². The number of carboxylic acids is 1. The molecule has 41 heavy (non-hydrogen) atoms. The van der Waals surface area contributed by atoms with E-state index < -0.39 is 54.0 Å². The molecule has 3 aromatic rings. The molecule has 1 aliphatic rings. The lowest BCUT2D eigenvalue weighted by molar-refractivity contribution is -0.138. The molecule has 1 aromatic heterocycles. The van der Waals surface area contributed by atoms with Gasteiger partial charge in [-0.25, -0.2) is 8.78 Å². The molecule has 0 radical (unpaired) electrons. The Bertz CT molecular complexity index is 1460. The number of rotatable bonds is 7. The number of carbonyl (C=O) groups is 4. The van der Waals surface area contributed by atoms with Crippen molar-refractivity contribution < 1.29 is 33.1 Å². The maximum atomic E-state index is 13.8. The fourth-order valence-electron chi connectivity index (χ4n) is 4.64. The van der Waals surface area contributed by atoms with Gasteiger partial charge in [0, 0.05) is 31.1 Å². The molecule has 2 aromatic carbocycles. The number of nitrogens with one attached hydrogen (secondary N) is 1. The Kier molecular flexibility index (Phi) is 8.22. The van der Waals surface area contributed by atoms with Crippen LogP contribution in [-0.4, -0.2) is 67.6 Å². The van der Waals surface area contributed by atoms with E-state index in [4.69, 9.17) is 0 Å². The Balaban J connectivity index is 1.71. The second-order valence-electron chi connectivity index (χ2n) is 10.9. The molecular formula is C29H31F2N5O5. The van der Waals surface area contributed by atoms with Gasteiger partial charge in [0.1, 0.15) is 17.3 Å². The highest BCUT2D eigenvalue weighted by Crippen LogP contribution is 2.26. The van der Waals surface area contributed by atoms with E-state index in [2.05, 4.69) is 10.4 Å². The summed E-state index contributed by atoms with van der Waals surface area (Å²) < 4.78 is 28.5. The monoisotopic (exact) mass is 567 g/mol. The highest BCUT2D eigenvalue weighted by molar-refractivity contribution is 6.01. The highest BCUT2D eigenvalue weighted by Gasteiger charge is 2.44. The molecule has 0 spiro atoms. The molecule has 1 saturated heterocycles. The van der Waals surface area contributed by atoms with Crippen LogP contribution < -0.4 is 5.32 Å². The maximum absolute atomic E-state index is 13.8. The zero-order valence-electron chi connectivity index (χ0n) is 23.1. The van der Waals surface area contributed by atoms with Gasteiger partial charge in [-0.05, 0) is 48.0 Å². The predicted molar refractivity (Wildman–Crippen MR) is 144 cm³/mol. The Hall–Kier alpha value is -4.61. The van der Waals surface area contributed by atoms with E-state index in [1.807, 2.05) is 20.8 Å². The van der Waals surface area contributed by atoms with Crippen molar-refractivity contribution in [3.8, 4) is 0 Å². The SMILES string of the molecule is Cn1nc(C(C)(C)C)cc1C(=O)N1CCN(C(=O)c2ccc(F)cc2)C1C(=O)NC(CC(=O)O)c1ccc(F)cc1. The number of aliphatic carboxylic acids is 1. The first-order valence-electron chi connectivity index (χ1n) is 13.0. The summed E-state index contributed by atoms with van der Waals surface area (Å²) in [5, 5.41) is 16.6. The topological polar surface area (TPSA) is 125 Å². The molecule has 4 rings (SSSR count). The third-order valence-corrected chi connectivity index (χ3v) is 6.85. The lowest BCUT2D eigenvalue weighted by atomic mass is 9.92. The first-order chi connectivity index (χ1) is 19.3. The molecule has 10 nitrogen and oxygen atoms in total. The standard InChI is InChI=1S/C29H31F2N5O5/c1-29(2,3)23-16-22(34(4)33-23)28(41)36-14-13-35(27(40)18-7-11-20(31)12-8-18)26(36)25(39)32-21(15-24(37)38)17-5-9-19(30)10-6-17/h5-12,16,21,26H,13-15H2,1-4H3,(H,32,39)(H,37,38). The van der Waals surface area contributed by atoms with Crippen LogP contribution in [-0.2, 0) is 22.1 Å². The van der Waals surface area contributed by atoms with Crippen LogP contribution in [0.3, 0.4) is 0 Å². The summed E-state index contributed by atoms with van der Waals surface area (Å²) in [7, 11) is 1.60. The van der Waals surface area contributed by atoms with E-state index >= 15 is 0 Å². The number of benzene rings is 2. The minimum absolute atomic E-state index is 0.0000311. The van der Waals surface area contributed by atoms with Gasteiger partial charge >= 0.3 is 5.97 Å². The summed E-state index contributed by atoms with van der Waals surface area (Å²) in [4.78, 5) is 55.1. The molecule has 1 fully saturated rings. The molecule has 2 heterocycles. The smallest absolute Gasteiger partial charge is 0.305 e. The number of carbonyl (C=O) groups excluding carboxylic acids is 3. The Morgan fingerprint density at radius 2 is 1.49 bits per heavy atom. The average molecular weight is 568 g/mol. The molecule has 216 valence electrons. The number of aryl methyl sites for hydroxylation is 1. The molecular weight excluding hydrogens is 536 g/mol. The summed E-state index contributed by atoms with van der Waals surface area (Å²) in [5.41, 5.74) is 0.928. The third kappa shape index (κ3) is 6.42. The second-order valence-corrected chi connectivity index (χ2v) is 10.9. The van der Waals surface area contributed by atoms with Gasteiger partial charge in [-0.3, -0.25) is 23.9 Å². The zero-order valence-corrected chi connectivity index (χ0v) is 23.1. The van der Waals surface area contributed by atoms with Crippen molar-refractivity contribution in [2.45, 2.75) is 44.8 Å². The van der Waals surface area contributed by atoms with Crippen molar-refractivity contribution in [1.29, 1.82) is 0 Å². The number of amides is 3. The van der Waals surface area contributed by atoms with Gasteiger partial charge < -0.3 is 20.2 Å². The number of nitrogens with zero attached hydrogens (tertiary/aromatic N) is 4. The van der Waals surface area contributed by atoms with E-state index in [9.17, 15) is 33.1 Å². The van der Waals surface area contributed by atoms with E-state index in [1.165, 1.54) is 38.7 Å². The highest BCUT2D eigenvalue weighted by atomic mass is 19.1. The number of hydrogen-bond acceptors (Lipinski definition) is 5. The average Bonchev–Trinajstić information content (AvgIpc) is 3.52. The predicted octanol–water partition coefficient (Wildman–Crippen LogP) is 3.25. The van der Waals surface area contributed by atoms with E-state index in [-0.39, 0.29) is 29.8 Å². The van der Waals surface area contributed by atoms with Crippen molar-refractivity contribution in [3.63, 3.8) is 0 Å². The van der Waals surface area contributed by atoms with Crippen LogP contribution in [0.25, 0.3) is 0 Å². The first-order valence-corrected chi connectivity index (χ1v) is 13.0. The van der Waals surface area contributed by atoms with Crippen LogP contribution in [0.4, 0.5) is 8.78 Å². The van der Waals surface area contributed by atoms with Crippen LogP contribution in [0.15, 0.2) is 54.6 Å². The van der Waals surface area contributed by atoms with Crippen LogP contribution in [0.5, 0.6) is 0 Å². The van der Waals surface area contributed by atoms with Crippen molar-refractivity contribution in [3.05, 3.63) is 88.7 Å². The first kappa shape index (κ1) is 29.4. The lowest BCUT2D eigenvalue weighted by Gasteiger charge is -2.31. The largest absolute Gasteiger partial charge is 0.481 e. The van der Waals surface area contributed by atoms with Crippen LogP contribution in [0.2, 0.25) is 0 Å². The number of hydrogen-bond donors (Lipinski definition) is 2. The number of halogens is 2. The molecule has 2 atom stereocenters. The lowest BCUT2D eigenvalue weighted by Crippen LogP contribution is -2.54. The van der Waals surface area contributed by atoms with Gasteiger partial charge in [0.05, 0.1) is 18.2 Å². The van der Waals surface area contributed by atoms with E-state index in [0.29, 0.717) is 11.3 Å². The second kappa shape index (κ2) is 11.5. The minimum atomic E-state index is -1.45. The third-order valence-electron chi connectivity index (χ3n) is 6.85. The maximum Gasteiger partial charge on any atom is 0.305 e. The molecule has 0 saturated carbocycles. The summed E-state index contributed by atoms with van der Waals surface area (Å²) >= 11 is 0. The Labute approximate surface area is 235 Å². The van der Waals surface area contributed by atoms with Crippen LogP contribution in [0, 0.1) is 11.6 Å². The van der Waals surface area contributed by atoms with Gasteiger partial charge in [0.2, 0.25) is 0 Å². The summed E-state index contributed by atoms with van der Waals surface area (Å²) in [6.07, 6.45) is -1.98.